The van der Waals surface area contributed by atoms with E-state index in [1.54, 1.807) is 6.07 Å². The number of aromatic nitrogens is 2. The van der Waals surface area contributed by atoms with Gasteiger partial charge < -0.3 is 16.4 Å². The third kappa shape index (κ3) is 3.49. The number of hydrogen-bond donors (Lipinski definition) is 2. The molecule has 3 rings (SSSR count). The lowest BCUT2D eigenvalue weighted by atomic mass is 10.1. The Bertz CT molecular complexity index is 715. The molecule has 8 heteroatoms. The molecule has 0 bridgehead atoms. The smallest absolute Gasteiger partial charge is 0.339 e. The second-order valence-electron chi connectivity index (χ2n) is 5.82. The molecule has 0 amide bonds. The summed E-state index contributed by atoms with van der Waals surface area (Å²) in [6, 6.07) is 6.68. The van der Waals surface area contributed by atoms with Crippen LogP contribution in [0.5, 0.6) is 0 Å². The van der Waals surface area contributed by atoms with Crippen molar-refractivity contribution in [2.24, 2.45) is 11.5 Å². The number of benzene rings is 1. The number of halogens is 3. The standard InChI is InChI=1S/C16H18F3N5/c17-16(18,19)11-3-1-10(2-4-11)14-7-13(8-20)22-15(23-14)24-6-5-12(21)9-24/h1-4,7,12H,5-6,8-9,20-21H2/t12-/m1/s1. The molecule has 5 nitrogen and oxygen atoms in total. The van der Waals surface area contributed by atoms with Crippen LogP contribution in [0.4, 0.5) is 19.1 Å². The first-order valence-electron chi connectivity index (χ1n) is 7.63. The molecule has 0 radical (unpaired) electrons. The van der Waals surface area contributed by atoms with E-state index in [0.717, 1.165) is 25.1 Å². The van der Waals surface area contributed by atoms with E-state index < -0.39 is 11.7 Å². The van der Waals surface area contributed by atoms with Gasteiger partial charge in [-0.1, -0.05) is 12.1 Å². The maximum Gasteiger partial charge on any atom is 0.416 e. The van der Waals surface area contributed by atoms with Crippen molar-refractivity contribution in [1.82, 2.24) is 9.97 Å². The highest BCUT2D eigenvalue weighted by atomic mass is 19.4. The van der Waals surface area contributed by atoms with E-state index in [0.29, 0.717) is 29.4 Å². The Morgan fingerprint density at radius 2 is 1.88 bits per heavy atom. The normalized spacial score (nSPS) is 18.2. The summed E-state index contributed by atoms with van der Waals surface area (Å²) in [6.07, 6.45) is -3.50. The van der Waals surface area contributed by atoms with Crippen LogP contribution in [0.3, 0.4) is 0 Å². The van der Waals surface area contributed by atoms with Crippen molar-refractivity contribution in [3.05, 3.63) is 41.6 Å². The Balaban J connectivity index is 1.95. The minimum atomic E-state index is -4.36. The molecule has 128 valence electrons. The van der Waals surface area contributed by atoms with Crippen LogP contribution in [0.15, 0.2) is 30.3 Å². The van der Waals surface area contributed by atoms with Crippen LogP contribution in [0, 0.1) is 0 Å². The Kier molecular flexibility index (Phi) is 4.42. The Labute approximate surface area is 137 Å². The summed E-state index contributed by atoms with van der Waals surface area (Å²) in [7, 11) is 0. The average Bonchev–Trinajstić information content (AvgIpc) is 3.00. The van der Waals surface area contributed by atoms with E-state index >= 15 is 0 Å². The zero-order chi connectivity index (χ0) is 17.3. The third-order valence-corrected chi connectivity index (χ3v) is 3.99. The Hall–Kier alpha value is -2.19. The van der Waals surface area contributed by atoms with Gasteiger partial charge in [-0.25, -0.2) is 9.97 Å². The largest absolute Gasteiger partial charge is 0.416 e. The molecule has 0 unspecified atom stereocenters. The molecule has 1 fully saturated rings. The average molecular weight is 337 g/mol. The predicted molar refractivity (Wildman–Crippen MR) is 85.2 cm³/mol. The highest BCUT2D eigenvalue weighted by Crippen LogP contribution is 2.31. The lowest BCUT2D eigenvalue weighted by Crippen LogP contribution is -2.28. The molecule has 1 saturated heterocycles. The first kappa shape index (κ1) is 16.7. The number of anilines is 1. The van der Waals surface area contributed by atoms with Gasteiger partial charge in [-0.15, -0.1) is 0 Å². The number of rotatable bonds is 3. The van der Waals surface area contributed by atoms with Gasteiger partial charge in [-0.2, -0.15) is 13.2 Å². The first-order chi connectivity index (χ1) is 11.4. The third-order valence-electron chi connectivity index (χ3n) is 3.99. The lowest BCUT2D eigenvalue weighted by Gasteiger charge is -2.17. The van der Waals surface area contributed by atoms with E-state index in [9.17, 15) is 13.2 Å². The fourth-order valence-electron chi connectivity index (χ4n) is 2.68. The van der Waals surface area contributed by atoms with Crippen LogP contribution >= 0.6 is 0 Å². The van der Waals surface area contributed by atoms with Crippen LogP contribution in [0.25, 0.3) is 11.3 Å². The van der Waals surface area contributed by atoms with Crippen molar-refractivity contribution < 1.29 is 13.2 Å². The Morgan fingerprint density at radius 3 is 2.42 bits per heavy atom. The lowest BCUT2D eigenvalue weighted by molar-refractivity contribution is -0.137. The predicted octanol–water partition coefficient (Wildman–Crippen LogP) is 2.16. The second kappa shape index (κ2) is 6.37. The summed E-state index contributed by atoms with van der Waals surface area (Å²) in [4.78, 5) is 10.9. The van der Waals surface area contributed by atoms with Crippen molar-refractivity contribution in [2.75, 3.05) is 18.0 Å². The molecule has 2 aromatic rings. The van der Waals surface area contributed by atoms with E-state index in [1.807, 2.05) is 4.90 Å². The van der Waals surface area contributed by atoms with Gasteiger partial charge in [0.15, 0.2) is 0 Å². The van der Waals surface area contributed by atoms with Crippen molar-refractivity contribution in [2.45, 2.75) is 25.2 Å². The van der Waals surface area contributed by atoms with Gasteiger partial charge in [-0.3, -0.25) is 0 Å². The minimum Gasteiger partial charge on any atom is -0.339 e. The fourth-order valence-corrected chi connectivity index (χ4v) is 2.68. The van der Waals surface area contributed by atoms with Crippen molar-refractivity contribution >= 4 is 5.95 Å². The molecule has 0 spiro atoms. The van der Waals surface area contributed by atoms with Gasteiger partial charge in [0, 0.05) is 31.2 Å². The SMILES string of the molecule is NCc1cc(-c2ccc(C(F)(F)F)cc2)nc(N2CC[C@@H](N)C2)n1. The molecule has 1 aliphatic heterocycles. The molecule has 4 N–H and O–H groups in total. The van der Waals surface area contributed by atoms with E-state index in [-0.39, 0.29) is 12.6 Å². The van der Waals surface area contributed by atoms with E-state index in [2.05, 4.69) is 9.97 Å². The summed E-state index contributed by atoms with van der Waals surface area (Å²) in [5.41, 5.74) is 12.7. The number of nitrogens with two attached hydrogens (primary N) is 2. The summed E-state index contributed by atoms with van der Waals surface area (Å²) in [5.74, 6) is 0.515. The van der Waals surface area contributed by atoms with Gasteiger partial charge in [-0.05, 0) is 24.6 Å². The molecule has 0 saturated carbocycles. The molecular formula is C16H18F3N5. The number of nitrogens with zero attached hydrogens (tertiary/aromatic N) is 3. The summed E-state index contributed by atoms with van der Waals surface area (Å²) >= 11 is 0. The van der Waals surface area contributed by atoms with Gasteiger partial charge in [0.1, 0.15) is 0 Å². The zero-order valence-electron chi connectivity index (χ0n) is 12.9. The Morgan fingerprint density at radius 1 is 1.17 bits per heavy atom. The van der Waals surface area contributed by atoms with E-state index in [1.165, 1.54) is 12.1 Å². The number of alkyl halides is 3. The molecule has 0 aliphatic carbocycles. The summed E-state index contributed by atoms with van der Waals surface area (Å²) in [5, 5.41) is 0. The minimum absolute atomic E-state index is 0.0738. The molecule has 24 heavy (non-hydrogen) atoms. The quantitative estimate of drug-likeness (QED) is 0.897. The summed E-state index contributed by atoms with van der Waals surface area (Å²) < 4.78 is 38.1. The zero-order valence-corrected chi connectivity index (χ0v) is 12.9. The summed E-state index contributed by atoms with van der Waals surface area (Å²) in [6.45, 7) is 1.63. The molecule has 1 aromatic carbocycles. The van der Waals surface area contributed by atoms with Crippen molar-refractivity contribution in [3.63, 3.8) is 0 Å². The van der Waals surface area contributed by atoms with Gasteiger partial charge in [0.25, 0.3) is 0 Å². The maximum atomic E-state index is 12.7. The second-order valence-corrected chi connectivity index (χ2v) is 5.82. The monoisotopic (exact) mass is 337 g/mol. The van der Waals surface area contributed by atoms with Crippen molar-refractivity contribution in [1.29, 1.82) is 0 Å². The maximum absolute atomic E-state index is 12.7. The highest BCUT2D eigenvalue weighted by molar-refractivity contribution is 5.61. The number of hydrogen-bond acceptors (Lipinski definition) is 5. The van der Waals surface area contributed by atoms with Crippen LogP contribution in [-0.2, 0) is 12.7 Å². The van der Waals surface area contributed by atoms with Crippen LogP contribution in [0.1, 0.15) is 17.7 Å². The first-order valence-corrected chi connectivity index (χ1v) is 7.63. The van der Waals surface area contributed by atoms with E-state index in [4.69, 9.17) is 11.5 Å². The molecule has 1 aliphatic rings. The van der Waals surface area contributed by atoms with Crippen LogP contribution < -0.4 is 16.4 Å². The topological polar surface area (TPSA) is 81.1 Å². The highest BCUT2D eigenvalue weighted by Gasteiger charge is 2.30. The molecule has 1 aromatic heterocycles. The fraction of sp³-hybridized carbons (Fsp3) is 0.375. The molecule has 2 heterocycles. The van der Waals surface area contributed by atoms with Crippen LogP contribution in [-0.4, -0.2) is 29.1 Å². The molecule has 1 atom stereocenters. The van der Waals surface area contributed by atoms with Gasteiger partial charge in [0.2, 0.25) is 5.95 Å². The van der Waals surface area contributed by atoms with Crippen LogP contribution in [0.2, 0.25) is 0 Å². The molecular weight excluding hydrogens is 319 g/mol. The van der Waals surface area contributed by atoms with Gasteiger partial charge >= 0.3 is 6.18 Å². The van der Waals surface area contributed by atoms with Gasteiger partial charge in [0.05, 0.1) is 17.0 Å². The van der Waals surface area contributed by atoms with Crippen molar-refractivity contribution in [3.8, 4) is 11.3 Å².